The summed E-state index contributed by atoms with van der Waals surface area (Å²) in [5.74, 6) is 0. The van der Waals surface area contributed by atoms with Crippen LogP contribution >= 0.6 is 23.2 Å². The van der Waals surface area contributed by atoms with Gasteiger partial charge in [0.1, 0.15) is 0 Å². The molecular formula is C17H20Cl2N2. The maximum atomic E-state index is 6.29. The van der Waals surface area contributed by atoms with E-state index in [1.807, 2.05) is 30.5 Å². The molecule has 1 aromatic heterocycles. The fraction of sp³-hybridized carbons (Fsp3) is 0.353. The van der Waals surface area contributed by atoms with Crippen molar-refractivity contribution in [2.45, 2.75) is 32.7 Å². The number of aryl methyl sites for hydroxylation is 1. The standard InChI is InChI=1S/C17H20Cl2N2/c1-3-8-20-16(17-12(2)5-4-9-21-17)11-13-10-14(18)6-7-15(13)19/h4-7,9-10,16,20H,3,8,11H2,1-2H3. The van der Waals surface area contributed by atoms with E-state index in [0.717, 1.165) is 35.7 Å². The number of hydrogen-bond acceptors (Lipinski definition) is 2. The topological polar surface area (TPSA) is 24.9 Å². The molecule has 0 spiro atoms. The average molecular weight is 323 g/mol. The molecule has 0 saturated heterocycles. The molecule has 0 amide bonds. The van der Waals surface area contributed by atoms with Crippen molar-refractivity contribution in [3.8, 4) is 0 Å². The summed E-state index contributed by atoms with van der Waals surface area (Å²) in [7, 11) is 0. The molecule has 4 heteroatoms. The van der Waals surface area contributed by atoms with E-state index in [1.54, 1.807) is 0 Å². The van der Waals surface area contributed by atoms with E-state index in [0.29, 0.717) is 5.02 Å². The van der Waals surface area contributed by atoms with Crippen molar-refractivity contribution in [3.63, 3.8) is 0 Å². The number of benzene rings is 1. The lowest BCUT2D eigenvalue weighted by molar-refractivity contribution is 0.515. The second-order valence-corrected chi connectivity index (χ2v) is 6.00. The highest BCUT2D eigenvalue weighted by molar-refractivity contribution is 6.33. The summed E-state index contributed by atoms with van der Waals surface area (Å²) in [6, 6.07) is 9.78. The lowest BCUT2D eigenvalue weighted by Crippen LogP contribution is -2.25. The molecular weight excluding hydrogens is 303 g/mol. The fourth-order valence-electron chi connectivity index (χ4n) is 2.37. The van der Waals surface area contributed by atoms with Gasteiger partial charge in [-0.15, -0.1) is 0 Å². The predicted molar refractivity (Wildman–Crippen MR) is 90.2 cm³/mol. The second kappa shape index (κ2) is 7.79. The molecule has 0 fully saturated rings. The second-order valence-electron chi connectivity index (χ2n) is 5.15. The molecule has 1 atom stereocenters. The normalized spacial score (nSPS) is 12.4. The monoisotopic (exact) mass is 322 g/mol. The van der Waals surface area contributed by atoms with Gasteiger partial charge >= 0.3 is 0 Å². The molecule has 0 aliphatic heterocycles. The van der Waals surface area contributed by atoms with Crippen LogP contribution < -0.4 is 5.32 Å². The highest BCUT2D eigenvalue weighted by Gasteiger charge is 2.16. The van der Waals surface area contributed by atoms with Crippen molar-refractivity contribution >= 4 is 23.2 Å². The van der Waals surface area contributed by atoms with E-state index in [9.17, 15) is 0 Å². The fourth-order valence-corrected chi connectivity index (χ4v) is 2.76. The summed E-state index contributed by atoms with van der Waals surface area (Å²) in [5.41, 5.74) is 3.30. The largest absolute Gasteiger partial charge is 0.308 e. The van der Waals surface area contributed by atoms with E-state index in [2.05, 4.69) is 30.2 Å². The van der Waals surface area contributed by atoms with Crippen LogP contribution in [0.2, 0.25) is 10.0 Å². The Morgan fingerprint density at radius 1 is 1.24 bits per heavy atom. The van der Waals surface area contributed by atoms with Gasteiger partial charge in [-0.25, -0.2) is 0 Å². The number of hydrogen-bond donors (Lipinski definition) is 1. The maximum absolute atomic E-state index is 6.29. The first-order valence-corrected chi connectivity index (χ1v) is 7.96. The molecule has 0 aliphatic rings. The van der Waals surface area contributed by atoms with Gasteiger partial charge in [0.2, 0.25) is 0 Å². The number of nitrogens with one attached hydrogen (secondary N) is 1. The quantitative estimate of drug-likeness (QED) is 0.811. The van der Waals surface area contributed by atoms with Crippen molar-refractivity contribution in [2.75, 3.05) is 6.54 Å². The Labute approximate surface area is 136 Å². The van der Waals surface area contributed by atoms with Crippen LogP contribution in [0.25, 0.3) is 0 Å². The molecule has 1 heterocycles. The first-order chi connectivity index (χ1) is 10.1. The van der Waals surface area contributed by atoms with Gasteiger partial charge in [0.25, 0.3) is 0 Å². The number of halogens is 2. The molecule has 1 aromatic carbocycles. The molecule has 1 unspecified atom stereocenters. The molecule has 2 rings (SSSR count). The highest BCUT2D eigenvalue weighted by atomic mass is 35.5. The van der Waals surface area contributed by atoms with Gasteiger partial charge in [-0.05, 0) is 61.7 Å². The Kier molecular flexibility index (Phi) is 6.04. The van der Waals surface area contributed by atoms with E-state index < -0.39 is 0 Å². The van der Waals surface area contributed by atoms with Gasteiger partial charge in [-0.1, -0.05) is 36.2 Å². The number of nitrogens with zero attached hydrogens (tertiary/aromatic N) is 1. The molecule has 0 saturated carbocycles. The Hall–Kier alpha value is -1.09. The molecule has 2 aromatic rings. The van der Waals surface area contributed by atoms with Crippen molar-refractivity contribution < 1.29 is 0 Å². The Morgan fingerprint density at radius 3 is 2.76 bits per heavy atom. The van der Waals surface area contributed by atoms with Gasteiger partial charge in [0.15, 0.2) is 0 Å². The van der Waals surface area contributed by atoms with Gasteiger partial charge in [-0.2, -0.15) is 0 Å². The Balaban J connectivity index is 2.28. The minimum atomic E-state index is 0.141. The summed E-state index contributed by atoms with van der Waals surface area (Å²) >= 11 is 12.4. The van der Waals surface area contributed by atoms with E-state index in [4.69, 9.17) is 23.2 Å². The van der Waals surface area contributed by atoms with Gasteiger partial charge < -0.3 is 5.32 Å². The minimum absolute atomic E-state index is 0.141. The number of rotatable bonds is 6. The highest BCUT2D eigenvalue weighted by Crippen LogP contribution is 2.26. The van der Waals surface area contributed by atoms with Crippen LogP contribution in [0.15, 0.2) is 36.5 Å². The third-order valence-corrected chi connectivity index (χ3v) is 4.06. The van der Waals surface area contributed by atoms with Crippen molar-refractivity contribution in [1.29, 1.82) is 0 Å². The number of pyridine rings is 1. The minimum Gasteiger partial charge on any atom is -0.308 e. The van der Waals surface area contributed by atoms with E-state index in [-0.39, 0.29) is 6.04 Å². The summed E-state index contributed by atoms with van der Waals surface area (Å²) in [5, 5.41) is 5.01. The zero-order valence-corrected chi connectivity index (χ0v) is 13.9. The lowest BCUT2D eigenvalue weighted by atomic mass is 9.99. The summed E-state index contributed by atoms with van der Waals surface area (Å²) in [6.45, 7) is 5.18. The first kappa shape index (κ1) is 16.3. The maximum Gasteiger partial charge on any atom is 0.0605 e. The van der Waals surface area contributed by atoms with Crippen LogP contribution in [0.1, 0.15) is 36.2 Å². The van der Waals surface area contributed by atoms with E-state index >= 15 is 0 Å². The van der Waals surface area contributed by atoms with Crippen LogP contribution in [0.4, 0.5) is 0 Å². The third kappa shape index (κ3) is 4.44. The third-order valence-electron chi connectivity index (χ3n) is 3.45. The van der Waals surface area contributed by atoms with Gasteiger partial charge in [-0.3, -0.25) is 4.98 Å². The zero-order chi connectivity index (χ0) is 15.2. The van der Waals surface area contributed by atoms with Crippen LogP contribution in [0.3, 0.4) is 0 Å². The van der Waals surface area contributed by atoms with Crippen molar-refractivity contribution in [3.05, 3.63) is 63.4 Å². The molecule has 1 N–H and O–H groups in total. The van der Waals surface area contributed by atoms with Crippen molar-refractivity contribution in [2.24, 2.45) is 0 Å². The zero-order valence-electron chi connectivity index (χ0n) is 12.4. The SMILES string of the molecule is CCCNC(Cc1cc(Cl)ccc1Cl)c1ncccc1C. The molecule has 0 bridgehead atoms. The molecule has 21 heavy (non-hydrogen) atoms. The molecule has 0 aliphatic carbocycles. The summed E-state index contributed by atoms with van der Waals surface area (Å²) < 4.78 is 0. The average Bonchev–Trinajstić information content (AvgIpc) is 2.48. The summed E-state index contributed by atoms with van der Waals surface area (Å²) in [6.07, 6.45) is 3.69. The van der Waals surface area contributed by atoms with Crippen LogP contribution in [-0.2, 0) is 6.42 Å². The smallest absolute Gasteiger partial charge is 0.0605 e. The first-order valence-electron chi connectivity index (χ1n) is 7.20. The molecule has 2 nitrogen and oxygen atoms in total. The summed E-state index contributed by atoms with van der Waals surface area (Å²) in [4.78, 5) is 4.54. The number of aromatic nitrogens is 1. The Bertz CT molecular complexity index is 599. The van der Waals surface area contributed by atoms with Crippen LogP contribution in [0, 0.1) is 6.92 Å². The Morgan fingerprint density at radius 2 is 2.05 bits per heavy atom. The van der Waals surface area contributed by atoms with Crippen molar-refractivity contribution in [1.82, 2.24) is 10.3 Å². The van der Waals surface area contributed by atoms with Gasteiger partial charge in [0.05, 0.1) is 11.7 Å². The molecule has 0 radical (unpaired) electrons. The van der Waals surface area contributed by atoms with Crippen LogP contribution in [-0.4, -0.2) is 11.5 Å². The predicted octanol–water partition coefficient (Wildman–Crippen LogP) is 4.98. The van der Waals surface area contributed by atoms with Gasteiger partial charge in [0, 0.05) is 16.2 Å². The molecule has 112 valence electrons. The lowest BCUT2D eigenvalue weighted by Gasteiger charge is -2.20. The van der Waals surface area contributed by atoms with E-state index in [1.165, 1.54) is 5.56 Å². The van der Waals surface area contributed by atoms with Crippen LogP contribution in [0.5, 0.6) is 0 Å².